The summed E-state index contributed by atoms with van der Waals surface area (Å²) in [5, 5.41) is 2.24. The van der Waals surface area contributed by atoms with Crippen LogP contribution < -0.4 is 5.73 Å². The van der Waals surface area contributed by atoms with Gasteiger partial charge in [-0.25, -0.2) is 0 Å². The predicted octanol–water partition coefficient (Wildman–Crippen LogP) is 2.56. The van der Waals surface area contributed by atoms with Crippen molar-refractivity contribution < 1.29 is 4.79 Å². The van der Waals surface area contributed by atoms with E-state index in [-0.39, 0.29) is 5.91 Å². The van der Waals surface area contributed by atoms with Crippen molar-refractivity contribution >= 4 is 16.7 Å². The summed E-state index contributed by atoms with van der Waals surface area (Å²) in [6.07, 6.45) is 0. The first kappa shape index (κ1) is 9.71. The summed E-state index contributed by atoms with van der Waals surface area (Å²) in [6, 6.07) is 9.92. The lowest BCUT2D eigenvalue weighted by Gasteiger charge is -2.06. The monoisotopic (exact) mass is 199 g/mol. The molecule has 2 rings (SSSR count). The van der Waals surface area contributed by atoms with Crippen molar-refractivity contribution in [2.45, 2.75) is 13.8 Å². The van der Waals surface area contributed by atoms with Gasteiger partial charge in [-0.15, -0.1) is 0 Å². The maximum absolute atomic E-state index is 11.2. The van der Waals surface area contributed by atoms with Crippen LogP contribution in [0.15, 0.2) is 30.3 Å². The molecule has 76 valence electrons. The normalized spacial score (nSPS) is 10.5. The summed E-state index contributed by atoms with van der Waals surface area (Å²) in [6.45, 7) is 3.97. The number of amides is 1. The van der Waals surface area contributed by atoms with Crippen LogP contribution in [0.4, 0.5) is 0 Å². The molecule has 2 nitrogen and oxygen atoms in total. The third-order valence-electron chi connectivity index (χ3n) is 2.71. The van der Waals surface area contributed by atoms with Gasteiger partial charge < -0.3 is 5.73 Å². The van der Waals surface area contributed by atoms with Gasteiger partial charge in [0.05, 0.1) is 0 Å². The molecule has 0 aromatic heterocycles. The number of fused-ring (bicyclic) bond motifs is 1. The first-order valence-corrected chi connectivity index (χ1v) is 4.89. The highest BCUT2D eigenvalue weighted by molar-refractivity contribution is 5.99. The van der Waals surface area contributed by atoms with Crippen LogP contribution in [0.5, 0.6) is 0 Å². The van der Waals surface area contributed by atoms with Gasteiger partial charge in [-0.1, -0.05) is 24.3 Å². The number of primary amides is 1. The van der Waals surface area contributed by atoms with Gasteiger partial charge in [-0.05, 0) is 41.8 Å². The fourth-order valence-electron chi connectivity index (χ4n) is 1.86. The molecule has 0 unspecified atom stereocenters. The number of nitrogens with two attached hydrogens (primary N) is 1. The topological polar surface area (TPSA) is 43.1 Å². The van der Waals surface area contributed by atoms with Crippen molar-refractivity contribution in [2.75, 3.05) is 0 Å². The third-order valence-corrected chi connectivity index (χ3v) is 2.71. The van der Waals surface area contributed by atoms with Crippen LogP contribution in [0.2, 0.25) is 0 Å². The van der Waals surface area contributed by atoms with Crippen molar-refractivity contribution in [1.29, 1.82) is 0 Å². The van der Waals surface area contributed by atoms with Gasteiger partial charge in [0.25, 0.3) is 0 Å². The fraction of sp³-hybridized carbons (Fsp3) is 0.154. The van der Waals surface area contributed by atoms with E-state index < -0.39 is 0 Å². The van der Waals surface area contributed by atoms with Crippen molar-refractivity contribution in [2.24, 2.45) is 5.73 Å². The van der Waals surface area contributed by atoms with Gasteiger partial charge in [-0.3, -0.25) is 4.79 Å². The number of carbonyl (C=O) groups is 1. The zero-order chi connectivity index (χ0) is 11.0. The van der Waals surface area contributed by atoms with Crippen molar-refractivity contribution in [3.8, 4) is 0 Å². The minimum absolute atomic E-state index is 0.365. The molecule has 0 radical (unpaired) electrons. The van der Waals surface area contributed by atoms with Gasteiger partial charge in [0, 0.05) is 5.56 Å². The van der Waals surface area contributed by atoms with Crippen LogP contribution in [0.3, 0.4) is 0 Å². The van der Waals surface area contributed by atoms with Crippen LogP contribution in [0, 0.1) is 13.8 Å². The van der Waals surface area contributed by atoms with E-state index in [0.717, 1.165) is 10.9 Å². The standard InChI is InChI=1S/C13H13NO/c1-8-4-3-5-10-7-12(13(14)15)9(2)6-11(8)10/h3-7H,1-2H3,(H2,14,15). The van der Waals surface area contributed by atoms with Crippen molar-refractivity contribution in [3.05, 3.63) is 47.0 Å². The van der Waals surface area contributed by atoms with Gasteiger partial charge in [0.15, 0.2) is 0 Å². The molecule has 0 heterocycles. The second-order valence-electron chi connectivity index (χ2n) is 3.83. The smallest absolute Gasteiger partial charge is 0.248 e. The average molecular weight is 199 g/mol. The minimum atomic E-state index is -0.365. The molecular weight excluding hydrogens is 186 g/mol. The molecule has 2 heteroatoms. The van der Waals surface area contributed by atoms with Crippen LogP contribution in [0.1, 0.15) is 21.5 Å². The predicted molar refractivity (Wildman–Crippen MR) is 61.9 cm³/mol. The summed E-state index contributed by atoms with van der Waals surface area (Å²) < 4.78 is 0. The van der Waals surface area contributed by atoms with E-state index in [1.54, 1.807) is 0 Å². The van der Waals surface area contributed by atoms with Crippen LogP contribution >= 0.6 is 0 Å². The lowest BCUT2D eigenvalue weighted by atomic mass is 9.99. The Morgan fingerprint density at radius 1 is 1.13 bits per heavy atom. The van der Waals surface area contributed by atoms with Crippen LogP contribution in [-0.2, 0) is 0 Å². The molecule has 0 bridgehead atoms. The molecule has 0 aliphatic rings. The highest BCUT2D eigenvalue weighted by atomic mass is 16.1. The molecule has 0 spiro atoms. The van der Waals surface area contributed by atoms with E-state index >= 15 is 0 Å². The number of carbonyl (C=O) groups excluding carboxylic acids is 1. The Balaban J connectivity index is 2.82. The Hall–Kier alpha value is -1.83. The maximum atomic E-state index is 11.2. The van der Waals surface area contributed by atoms with E-state index in [9.17, 15) is 4.79 Å². The average Bonchev–Trinajstić information content (AvgIpc) is 2.18. The quantitative estimate of drug-likeness (QED) is 0.753. The Kier molecular flexibility index (Phi) is 2.19. The summed E-state index contributed by atoms with van der Waals surface area (Å²) in [5.41, 5.74) is 8.06. The molecule has 0 saturated heterocycles. The Morgan fingerprint density at radius 2 is 1.87 bits per heavy atom. The van der Waals surface area contributed by atoms with Crippen molar-refractivity contribution in [1.82, 2.24) is 0 Å². The molecule has 2 aromatic carbocycles. The van der Waals surface area contributed by atoms with E-state index in [2.05, 4.69) is 13.0 Å². The number of hydrogen-bond acceptors (Lipinski definition) is 1. The maximum Gasteiger partial charge on any atom is 0.248 e. The lowest BCUT2D eigenvalue weighted by molar-refractivity contribution is 0.1000. The molecular formula is C13H13NO. The summed E-state index contributed by atoms with van der Waals surface area (Å²) in [7, 11) is 0. The lowest BCUT2D eigenvalue weighted by Crippen LogP contribution is -2.12. The van der Waals surface area contributed by atoms with Gasteiger partial charge in [0.1, 0.15) is 0 Å². The van der Waals surface area contributed by atoms with Gasteiger partial charge in [-0.2, -0.15) is 0 Å². The highest BCUT2D eigenvalue weighted by Crippen LogP contribution is 2.22. The van der Waals surface area contributed by atoms with E-state index in [1.165, 1.54) is 10.9 Å². The number of aryl methyl sites for hydroxylation is 2. The first-order chi connectivity index (χ1) is 7.09. The van der Waals surface area contributed by atoms with Crippen LogP contribution in [0.25, 0.3) is 10.8 Å². The second-order valence-corrected chi connectivity index (χ2v) is 3.83. The number of hydrogen-bond donors (Lipinski definition) is 1. The molecule has 0 aliphatic heterocycles. The number of rotatable bonds is 1. The Morgan fingerprint density at radius 3 is 2.53 bits per heavy atom. The third kappa shape index (κ3) is 1.59. The summed E-state index contributed by atoms with van der Waals surface area (Å²) in [4.78, 5) is 11.2. The first-order valence-electron chi connectivity index (χ1n) is 4.89. The minimum Gasteiger partial charge on any atom is -0.366 e. The molecule has 1 amide bonds. The molecule has 0 saturated carbocycles. The number of benzene rings is 2. The molecule has 15 heavy (non-hydrogen) atoms. The Labute approximate surface area is 88.7 Å². The summed E-state index contributed by atoms with van der Waals surface area (Å²) >= 11 is 0. The fourth-order valence-corrected chi connectivity index (χ4v) is 1.86. The largest absolute Gasteiger partial charge is 0.366 e. The highest BCUT2D eigenvalue weighted by Gasteiger charge is 2.07. The molecule has 2 aromatic rings. The summed E-state index contributed by atoms with van der Waals surface area (Å²) in [5.74, 6) is -0.365. The molecule has 2 N–H and O–H groups in total. The Bertz CT molecular complexity index is 543. The molecule has 0 aliphatic carbocycles. The SMILES string of the molecule is Cc1cc2c(C)cccc2cc1C(N)=O. The van der Waals surface area contributed by atoms with Gasteiger partial charge >= 0.3 is 0 Å². The van der Waals surface area contributed by atoms with Gasteiger partial charge in [0.2, 0.25) is 5.91 Å². The second kappa shape index (κ2) is 3.39. The van der Waals surface area contributed by atoms with Crippen LogP contribution in [-0.4, -0.2) is 5.91 Å². The van der Waals surface area contributed by atoms with E-state index in [4.69, 9.17) is 5.73 Å². The van der Waals surface area contributed by atoms with E-state index in [0.29, 0.717) is 5.56 Å². The zero-order valence-electron chi connectivity index (χ0n) is 8.87. The molecule has 0 fully saturated rings. The van der Waals surface area contributed by atoms with Crippen molar-refractivity contribution in [3.63, 3.8) is 0 Å². The zero-order valence-corrected chi connectivity index (χ0v) is 8.87. The van der Waals surface area contributed by atoms with E-state index in [1.807, 2.05) is 31.2 Å². The molecule has 0 atom stereocenters.